The van der Waals surface area contributed by atoms with Crippen molar-refractivity contribution in [1.82, 2.24) is 24.6 Å². The quantitative estimate of drug-likeness (QED) is 0.109. The number of amides is 1. The Morgan fingerprint density at radius 2 is 1.81 bits per heavy atom. The molecule has 0 aliphatic heterocycles. The Balaban J connectivity index is 0.000000206. The van der Waals surface area contributed by atoms with Crippen LogP contribution in [0.4, 0.5) is 11.4 Å². The Bertz CT molecular complexity index is 1580. The van der Waals surface area contributed by atoms with Crippen molar-refractivity contribution in [1.29, 1.82) is 0 Å². The first kappa shape index (κ1) is 26.7. The average Bonchev–Trinajstić information content (AvgIpc) is 3.32. The van der Waals surface area contributed by atoms with E-state index in [1.54, 1.807) is 0 Å². The standard InChI is InChI=1S/C12H12ClN3O2.C9H7N5O5/c13-16-6-8-3-1-2-7(4-8)5-15-10-9(14)11(17)12(10)18;1-19-9(18)4-2-3(8(16)17)11-7-5(6(10)15)12-13-14(4)7/h1-4,15-16H,5-6,14H2;2H,1H3,(H2,10,15)(H,16,17). The van der Waals surface area contributed by atoms with E-state index in [2.05, 4.69) is 30.2 Å². The molecule has 192 valence electrons. The SMILES string of the molecule is COC(=O)c1cc(C(=O)O)nc2c(C(N)=O)nnn12.Nc1c(NCc2cccc(CNCl)c2)c(=O)c1=O. The Kier molecular flexibility index (Phi) is 8.11. The third-order valence-corrected chi connectivity index (χ3v) is 5.03. The van der Waals surface area contributed by atoms with E-state index in [0.29, 0.717) is 13.1 Å². The molecule has 0 atom stereocenters. The first-order valence-corrected chi connectivity index (χ1v) is 10.6. The van der Waals surface area contributed by atoms with Crippen molar-refractivity contribution in [3.8, 4) is 0 Å². The van der Waals surface area contributed by atoms with Crippen LogP contribution in [0.15, 0.2) is 39.9 Å². The second kappa shape index (κ2) is 11.2. The van der Waals surface area contributed by atoms with Gasteiger partial charge < -0.3 is 26.6 Å². The molecule has 0 bridgehead atoms. The highest BCUT2D eigenvalue weighted by atomic mass is 35.5. The maximum absolute atomic E-state index is 11.5. The molecule has 0 aliphatic carbocycles. The van der Waals surface area contributed by atoms with Crippen molar-refractivity contribution in [2.24, 2.45) is 5.73 Å². The van der Waals surface area contributed by atoms with Crippen LogP contribution in [0.5, 0.6) is 0 Å². The molecule has 7 N–H and O–H groups in total. The lowest BCUT2D eigenvalue weighted by atomic mass is 10.1. The number of nitrogens with one attached hydrogen (secondary N) is 2. The molecule has 0 aliphatic rings. The van der Waals surface area contributed by atoms with Crippen LogP contribution >= 0.6 is 11.8 Å². The lowest BCUT2D eigenvalue weighted by molar-refractivity contribution is 0.0590. The summed E-state index contributed by atoms with van der Waals surface area (Å²) in [6, 6.07) is 8.65. The summed E-state index contributed by atoms with van der Waals surface area (Å²) in [6.07, 6.45) is 0. The number of esters is 1. The number of anilines is 2. The van der Waals surface area contributed by atoms with Crippen LogP contribution in [0.2, 0.25) is 0 Å². The number of carboxylic acid groups (broad SMARTS) is 1. The summed E-state index contributed by atoms with van der Waals surface area (Å²) < 4.78 is 5.37. The number of hydrogen-bond acceptors (Lipinski definition) is 12. The fourth-order valence-corrected chi connectivity index (χ4v) is 3.25. The molecule has 0 unspecified atom stereocenters. The number of methoxy groups -OCH3 is 1. The molecular formula is C21H19ClN8O7. The number of nitrogen functional groups attached to an aromatic ring is 1. The normalized spacial score (nSPS) is 10.5. The minimum absolute atomic E-state index is 0.0126. The molecule has 15 nitrogen and oxygen atoms in total. The lowest BCUT2D eigenvalue weighted by Gasteiger charge is -2.10. The third-order valence-electron chi connectivity index (χ3n) is 4.90. The maximum atomic E-state index is 11.5. The number of carbonyl (C=O) groups is 3. The molecule has 4 aromatic rings. The van der Waals surface area contributed by atoms with Crippen molar-refractivity contribution in [2.75, 3.05) is 18.2 Å². The number of primary amides is 1. The maximum Gasteiger partial charge on any atom is 0.356 e. The van der Waals surface area contributed by atoms with E-state index in [9.17, 15) is 24.0 Å². The molecule has 0 spiro atoms. The number of nitrogens with two attached hydrogens (primary N) is 2. The molecule has 37 heavy (non-hydrogen) atoms. The van der Waals surface area contributed by atoms with Gasteiger partial charge in [-0.1, -0.05) is 29.5 Å². The third kappa shape index (κ3) is 5.68. The summed E-state index contributed by atoms with van der Waals surface area (Å²) in [5, 5.41) is 18.7. The highest BCUT2D eigenvalue weighted by molar-refractivity contribution is 6.13. The molecule has 0 fully saturated rings. The van der Waals surface area contributed by atoms with E-state index < -0.39 is 34.4 Å². The van der Waals surface area contributed by atoms with Crippen LogP contribution in [-0.2, 0) is 17.8 Å². The predicted octanol–water partition coefficient (Wildman–Crippen LogP) is -0.572. The Labute approximate surface area is 211 Å². The van der Waals surface area contributed by atoms with Gasteiger partial charge in [0.25, 0.3) is 16.8 Å². The zero-order chi connectivity index (χ0) is 27.3. The number of fused-ring (bicyclic) bond motifs is 1. The summed E-state index contributed by atoms with van der Waals surface area (Å²) in [6.45, 7) is 0.989. The lowest BCUT2D eigenvalue weighted by Crippen LogP contribution is -2.36. The van der Waals surface area contributed by atoms with Gasteiger partial charge in [0.2, 0.25) is 0 Å². The molecular weight excluding hydrogens is 512 g/mol. The smallest absolute Gasteiger partial charge is 0.356 e. The minimum Gasteiger partial charge on any atom is -0.477 e. The van der Waals surface area contributed by atoms with Gasteiger partial charge in [-0.15, -0.1) is 5.10 Å². The topological polar surface area (TPSA) is 234 Å². The van der Waals surface area contributed by atoms with E-state index in [-0.39, 0.29) is 28.4 Å². The fraction of sp³-hybridized carbons (Fsp3) is 0.143. The van der Waals surface area contributed by atoms with Crippen LogP contribution < -0.4 is 32.5 Å². The van der Waals surface area contributed by atoms with Gasteiger partial charge in [0.15, 0.2) is 22.7 Å². The van der Waals surface area contributed by atoms with Crippen molar-refractivity contribution in [2.45, 2.75) is 13.1 Å². The first-order chi connectivity index (χ1) is 17.6. The van der Waals surface area contributed by atoms with E-state index in [1.807, 2.05) is 24.3 Å². The van der Waals surface area contributed by atoms with Crippen LogP contribution in [-0.4, -0.2) is 49.9 Å². The molecule has 2 aromatic heterocycles. The molecule has 0 radical (unpaired) electrons. The molecule has 0 saturated heterocycles. The fourth-order valence-electron chi connectivity index (χ4n) is 3.10. The molecule has 16 heteroatoms. The summed E-state index contributed by atoms with van der Waals surface area (Å²) >= 11 is 5.43. The van der Waals surface area contributed by atoms with Crippen molar-refractivity contribution in [3.63, 3.8) is 0 Å². The summed E-state index contributed by atoms with van der Waals surface area (Å²) in [5.41, 5.74) is 10.3. The molecule has 2 aromatic carbocycles. The first-order valence-electron chi connectivity index (χ1n) is 10.2. The highest BCUT2D eigenvalue weighted by Gasteiger charge is 2.22. The van der Waals surface area contributed by atoms with E-state index in [4.69, 9.17) is 28.4 Å². The van der Waals surface area contributed by atoms with Gasteiger partial charge in [0.05, 0.1) is 7.11 Å². The van der Waals surface area contributed by atoms with Gasteiger partial charge in [-0.3, -0.25) is 14.4 Å². The number of hydrogen-bond donors (Lipinski definition) is 5. The van der Waals surface area contributed by atoms with Crippen molar-refractivity contribution < 1.29 is 24.2 Å². The number of halogens is 1. The predicted molar refractivity (Wildman–Crippen MR) is 130 cm³/mol. The van der Waals surface area contributed by atoms with Gasteiger partial charge in [-0.2, -0.15) is 4.52 Å². The van der Waals surface area contributed by atoms with Crippen LogP contribution in [0, 0.1) is 0 Å². The number of carboxylic acids is 1. The Morgan fingerprint density at radius 1 is 1.14 bits per heavy atom. The van der Waals surface area contributed by atoms with Gasteiger partial charge in [0.1, 0.15) is 11.4 Å². The summed E-state index contributed by atoms with van der Waals surface area (Å²) in [5.74, 6) is -3.18. The molecule has 1 amide bonds. The van der Waals surface area contributed by atoms with Crippen LogP contribution in [0.3, 0.4) is 0 Å². The second-order valence-electron chi connectivity index (χ2n) is 7.29. The van der Waals surface area contributed by atoms with Gasteiger partial charge in [-0.05, 0) is 22.9 Å². The van der Waals surface area contributed by atoms with Crippen LogP contribution in [0.1, 0.15) is 42.6 Å². The molecule has 2 heterocycles. The Morgan fingerprint density at radius 3 is 2.38 bits per heavy atom. The average molecular weight is 531 g/mol. The number of aromatic nitrogens is 4. The number of ether oxygens (including phenoxy) is 1. The monoisotopic (exact) mass is 530 g/mol. The van der Waals surface area contributed by atoms with Crippen LogP contribution in [0.25, 0.3) is 5.65 Å². The van der Waals surface area contributed by atoms with Crippen molar-refractivity contribution in [3.05, 3.63) is 79.0 Å². The zero-order valence-corrected chi connectivity index (χ0v) is 19.8. The number of benzene rings is 1. The number of aromatic carboxylic acids is 1. The largest absolute Gasteiger partial charge is 0.477 e. The summed E-state index contributed by atoms with van der Waals surface area (Å²) in [4.78, 5) is 61.9. The number of carbonyl (C=O) groups excluding carboxylic acids is 2. The number of nitrogens with zero attached hydrogens (tertiary/aromatic N) is 4. The summed E-state index contributed by atoms with van der Waals surface area (Å²) in [7, 11) is 1.11. The molecule has 4 rings (SSSR count). The van der Waals surface area contributed by atoms with Gasteiger partial charge in [-0.25, -0.2) is 19.4 Å². The molecule has 0 saturated carbocycles. The number of rotatable bonds is 8. The van der Waals surface area contributed by atoms with Gasteiger partial charge in [0, 0.05) is 19.2 Å². The van der Waals surface area contributed by atoms with E-state index in [0.717, 1.165) is 28.8 Å². The van der Waals surface area contributed by atoms with Crippen molar-refractivity contribution >= 4 is 46.6 Å². The minimum atomic E-state index is -1.38. The Hall–Kier alpha value is -4.89. The van der Waals surface area contributed by atoms with E-state index >= 15 is 0 Å². The van der Waals surface area contributed by atoms with Gasteiger partial charge >= 0.3 is 11.9 Å². The van der Waals surface area contributed by atoms with E-state index in [1.165, 1.54) is 0 Å². The highest BCUT2D eigenvalue weighted by Crippen LogP contribution is 2.13. The zero-order valence-electron chi connectivity index (χ0n) is 19.0. The second-order valence-corrected chi connectivity index (χ2v) is 7.56.